The molecule has 1 amide bonds. The number of rotatable bonds is 4. The number of likely N-dealkylation sites (tertiary alicyclic amines) is 1. The summed E-state index contributed by atoms with van der Waals surface area (Å²) in [6.07, 6.45) is -1.50. The van der Waals surface area contributed by atoms with Crippen molar-refractivity contribution in [3.05, 3.63) is 0 Å². The topological polar surface area (TPSA) is 92.0 Å². The van der Waals surface area contributed by atoms with E-state index in [1.165, 1.54) is 4.90 Å². The van der Waals surface area contributed by atoms with Crippen LogP contribution in [0.2, 0.25) is 18.1 Å². The van der Waals surface area contributed by atoms with E-state index >= 15 is 0 Å². The fraction of sp³-hybridized carbons (Fsp3) is 0.889. The van der Waals surface area contributed by atoms with Gasteiger partial charge in [0.15, 0.2) is 14.1 Å². The third-order valence-corrected chi connectivity index (χ3v) is 10.6. The van der Waals surface area contributed by atoms with Crippen molar-refractivity contribution in [2.45, 2.75) is 95.7 Å². The van der Waals surface area contributed by atoms with Crippen LogP contribution in [0.3, 0.4) is 0 Å². The Morgan fingerprint density at radius 2 is 1.92 bits per heavy atom. The first kappa shape index (κ1) is 21.2. The van der Waals surface area contributed by atoms with Gasteiger partial charge in [0, 0.05) is 0 Å². The molecular weight excluding hydrogens is 352 g/mol. The molecule has 2 saturated heterocycles. The molecule has 0 aromatic rings. The Bertz CT molecular complexity index is 610. The molecule has 2 heterocycles. The van der Waals surface area contributed by atoms with Crippen LogP contribution in [0.5, 0.6) is 0 Å². The zero-order valence-corrected chi connectivity index (χ0v) is 18.1. The Kier molecular flexibility index (Phi) is 5.27. The van der Waals surface area contributed by atoms with Gasteiger partial charge in [0.25, 0.3) is 0 Å². The lowest BCUT2D eigenvalue weighted by Crippen LogP contribution is -2.51. The maximum atomic E-state index is 12.0. The number of carboxylic acid groups (broad SMARTS) is 1. The molecule has 0 radical (unpaired) electrons. The third kappa shape index (κ3) is 3.50. The van der Waals surface area contributed by atoms with Crippen LogP contribution >= 0.6 is 0 Å². The van der Waals surface area contributed by atoms with E-state index in [2.05, 4.69) is 39.9 Å². The van der Waals surface area contributed by atoms with Gasteiger partial charge in [-0.15, -0.1) is 0 Å². The van der Waals surface area contributed by atoms with Crippen LogP contribution in [0.15, 0.2) is 0 Å². The Labute approximate surface area is 157 Å². The molecule has 0 spiro atoms. The molecule has 8 heteroatoms. The second kappa shape index (κ2) is 6.48. The van der Waals surface area contributed by atoms with Crippen molar-refractivity contribution in [3.63, 3.8) is 0 Å². The average molecular weight is 385 g/mol. The van der Waals surface area contributed by atoms with E-state index in [0.29, 0.717) is 0 Å². The smallest absolute Gasteiger partial charge is 0.408 e. The molecule has 4 unspecified atom stereocenters. The molecule has 7 nitrogen and oxygen atoms in total. The Morgan fingerprint density at radius 1 is 1.35 bits per heavy atom. The maximum Gasteiger partial charge on any atom is 0.408 e. The van der Waals surface area contributed by atoms with E-state index in [9.17, 15) is 15.2 Å². The molecule has 2 rings (SSSR count). The zero-order valence-electron chi connectivity index (χ0n) is 17.1. The summed E-state index contributed by atoms with van der Waals surface area (Å²) in [4.78, 5) is 13.3. The predicted molar refractivity (Wildman–Crippen MR) is 99.3 cm³/mol. The molecule has 0 bridgehead atoms. The Morgan fingerprint density at radius 3 is 2.38 bits per heavy atom. The SMILES string of the molecule is CC1(C)OC2C(CO[Si](C)(C)C(C)(C)C)N(C(=O)O)C(CC#N)C2(C)O1. The minimum absolute atomic E-state index is 0.0152. The summed E-state index contributed by atoms with van der Waals surface area (Å²) in [7, 11) is -2.06. The van der Waals surface area contributed by atoms with Crippen LogP contribution in [-0.4, -0.2) is 60.6 Å². The van der Waals surface area contributed by atoms with Crippen molar-refractivity contribution in [1.29, 1.82) is 5.26 Å². The Balaban J connectivity index is 2.36. The van der Waals surface area contributed by atoms with E-state index in [-0.39, 0.29) is 18.1 Å². The predicted octanol–water partition coefficient (Wildman–Crippen LogP) is 3.56. The van der Waals surface area contributed by atoms with Crippen molar-refractivity contribution in [3.8, 4) is 6.07 Å². The largest absolute Gasteiger partial charge is 0.465 e. The van der Waals surface area contributed by atoms with Gasteiger partial charge in [-0.05, 0) is 38.9 Å². The number of amides is 1. The number of hydrogen-bond acceptors (Lipinski definition) is 5. The van der Waals surface area contributed by atoms with Crippen molar-refractivity contribution in [1.82, 2.24) is 4.90 Å². The number of nitrogens with zero attached hydrogens (tertiary/aromatic N) is 2. The van der Waals surface area contributed by atoms with Crippen LogP contribution in [0.1, 0.15) is 48.0 Å². The summed E-state index contributed by atoms with van der Waals surface area (Å²) < 4.78 is 18.5. The van der Waals surface area contributed by atoms with Crippen molar-refractivity contribution < 1.29 is 23.8 Å². The lowest BCUT2D eigenvalue weighted by Gasteiger charge is -2.39. The number of fused-ring (bicyclic) bond motifs is 1. The van der Waals surface area contributed by atoms with Gasteiger partial charge in [0.1, 0.15) is 11.7 Å². The van der Waals surface area contributed by atoms with Crippen molar-refractivity contribution in [2.75, 3.05) is 6.61 Å². The fourth-order valence-electron chi connectivity index (χ4n) is 3.75. The summed E-state index contributed by atoms with van der Waals surface area (Å²) in [5, 5.41) is 19.1. The molecule has 4 atom stereocenters. The second-order valence-corrected chi connectivity index (χ2v) is 14.2. The van der Waals surface area contributed by atoms with E-state index in [0.717, 1.165) is 0 Å². The minimum Gasteiger partial charge on any atom is -0.465 e. The van der Waals surface area contributed by atoms with E-state index in [1.807, 2.05) is 20.8 Å². The van der Waals surface area contributed by atoms with Crippen LogP contribution in [-0.2, 0) is 13.9 Å². The van der Waals surface area contributed by atoms with E-state index in [1.54, 1.807) is 0 Å². The Hall–Kier alpha value is -1.14. The highest BCUT2D eigenvalue weighted by Gasteiger charge is 2.66. The molecule has 0 aromatic carbocycles. The van der Waals surface area contributed by atoms with Crippen LogP contribution in [0.25, 0.3) is 0 Å². The zero-order chi connectivity index (χ0) is 20.1. The highest BCUT2D eigenvalue weighted by molar-refractivity contribution is 6.74. The van der Waals surface area contributed by atoms with Crippen molar-refractivity contribution in [2.24, 2.45) is 0 Å². The summed E-state index contributed by atoms with van der Waals surface area (Å²) in [5.74, 6) is -0.826. The van der Waals surface area contributed by atoms with Gasteiger partial charge >= 0.3 is 6.09 Å². The molecule has 148 valence electrons. The van der Waals surface area contributed by atoms with Gasteiger partial charge in [-0.3, -0.25) is 4.90 Å². The van der Waals surface area contributed by atoms with Gasteiger partial charge in [0.2, 0.25) is 0 Å². The van der Waals surface area contributed by atoms with Crippen LogP contribution in [0.4, 0.5) is 4.79 Å². The monoisotopic (exact) mass is 384 g/mol. The molecule has 26 heavy (non-hydrogen) atoms. The molecule has 0 aliphatic carbocycles. The molecule has 2 aliphatic rings. The minimum atomic E-state index is -2.06. The summed E-state index contributed by atoms with van der Waals surface area (Å²) in [6.45, 7) is 16.4. The van der Waals surface area contributed by atoms with Gasteiger partial charge in [-0.25, -0.2) is 4.79 Å². The molecule has 0 saturated carbocycles. The number of ether oxygens (including phenoxy) is 2. The van der Waals surface area contributed by atoms with E-state index in [4.69, 9.17) is 13.9 Å². The standard InChI is InChI=1S/C18H32N2O5Si/c1-16(2,3)26(7,8)23-11-12-14-18(6,25-17(4,5)24-14)13(9-10-19)20(12)15(21)22/h12-14H,9,11H2,1-8H3,(H,21,22). The molecule has 1 N–H and O–H groups in total. The van der Waals surface area contributed by atoms with Crippen LogP contribution in [0, 0.1) is 11.3 Å². The molecule has 2 aliphatic heterocycles. The first-order valence-corrected chi connectivity index (χ1v) is 12.0. The molecular formula is C18H32N2O5Si. The highest BCUT2D eigenvalue weighted by Crippen LogP contribution is 2.49. The summed E-state index contributed by atoms with van der Waals surface area (Å²) in [5.41, 5.74) is -0.876. The maximum absolute atomic E-state index is 12.0. The van der Waals surface area contributed by atoms with E-state index < -0.39 is 44.0 Å². The van der Waals surface area contributed by atoms with Crippen LogP contribution < -0.4 is 0 Å². The van der Waals surface area contributed by atoms with Gasteiger partial charge in [0.05, 0.1) is 31.2 Å². The molecule has 2 fully saturated rings. The lowest BCUT2D eigenvalue weighted by molar-refractivity contribution is -0.181. The number of carbonyl (C=O) groups is 1. The number of hydrogen-bond donors (Lipinski definition) is 1. The quantitative estimate of drug-likeness (QED) is 0.745. The second-order valence-electron chi connectivity index (χ2n) is 9.43. The van der Waals surface area contributed by atoms with Crippen molar-refractivity contribution >= 4 is 14.4 Å². The van der Waals surface area contributed by atoms with Gasteiger partial charge in [-0.2, -0.15) is 5.26 Å². The highest BCUT2D eigenvalue weighted by atomic mass is 28.4. The lowest BCUT2D eigenvalue weighted by atomic mass is 9.91. The third-order valence-electron chi connectivity index (χ3n) is 6.07. The first-order chi connectivity index (χ1) is 11.7. The first-order valence-electron chi connectivity index (χ1n) is 9.06. The summed E-state index contributed by atoms with van der Waals surface area (Å²) in [6, 6.07) is 1.00. The average Bonchev–Trinajstić information content (AvgIpc) is 2.81. The summed E-state index contributed by atoms with van der Waals surface area (Å²) >= 11 is 0. The van der Waals surface area contributed by atoms with Gasteiger partial charge in [-0.1, -0.05) is 20.8 Å². The molecule has 0 aromatic heterocycles. The van der Waals surface area contributed by atoms with Gasteiger partial charge < -0.3 is 19.0 Å². The normalized spacial score (nSPS) is 33.8. The fourth-order valence-corrected chi connectivity index (χ4v) is 4.77. The number of nitriles is 1.